The monoisotopic (exact) mass is 80.1 g/mol. The van der Waals surface area contributed by atoms with E-state index in [1.54, 1.807) is 0 Å². The van der Waals surface area contributed by atoms with Gasteiger partial charge >= 0.3 is 56.6 Å². The Morgan fingerprint density at radius 2 is 0.800 bits per heavy atom. The minimum Gasteiger partial charge on any atom is -1.00 e. The van der Waals surface area contributed by atoms with Crippen LogP contribution in [0.4, 0.5) is 4.70 Å². The molecule has 0 rings (SSSR count). The average molecular weight is 80.3 g/mol. The minimum atomic E-state index is 0. The van der Waals surface area contributed by atoms with Gasteiger partial charge in [0.1, 0.15) is 0 Å². The van der Waals surface area contributed by atoms with Gasteiger partial charge in [-0.15, -0.1) is 12.4 Å². The van der Waals surface area contributed by atoms with Crippen molar-refractivity contribution >= 4 is 12.4 Å². The molecule has 0 aliphatic rings. The first-order valence-corrected chi connectivity index (χ1v) is 0. The van der Waals surface area contributed by atoms with Gasteiger partial charge in [-0.3, -0.25) is 4.70 Å². The van der Waals surface area contributed by atoms with E-state index in [-0.39, 0.29) is 78.0 Å². The van der Waals surface area contributed by atoms with Crippen molar-refractivity contribution in [1.82, 2.24) is 0 Å². The van der Waals surface area contributed by atoms with Gasteiger partial charge in [0.05, 0.1) is 0 Å². The second-order valence-electron chi connectivity index (χ2n) is 0. The molecule has 0 radical (unpaired) electrons. The molecule has 0 saturated carbocycles. The van der Waals surface area contributed by atoms with Gasteiger partial charge in [0.25, 0.3) is 0 Å². The molecule has 0 aliphatic carbocycles. The molecule has 0 N–H and O–H groups in total. The van der Waals surface area contributed by atoms with Crippen molar-refractivity contribution < 1.29 is 65.6 Å². The summed E-state index contributed by atoms with van der Waals surface area (Å²) < 4.78 is 0. The topological polar surface area (TPSA) is 0 Å². The van der Waals surface area contributed by atoms with Gasteiger partial charge in [-0.25, -0.2) is 0 Å². The fourth-order valence-electron chi connectivity index (χ4n) is 0. The standard InChI is InChI=1S/ClH.FH.3Li.3H/h2*1H;;;;;;/q;;3*+1;3*-1. The summed E-state index contributed by atoms with van der Waals surface area (Å²) in [5.74, 6) is 0. The normalized spacial score (nSPS) is 0. The fourth-order valence-corrected chi connectivity index (χ4v) is 0. The van der Waals surface area contributed by atoms with E-state index in [9.17, 15) is 0 Å². The van der Waals surface area contributed by atoms with Crippen LogP contribution in [0.3, 0.4) is 0 Å². The summed E-state index contributed by atoms with van der Waals surface area (Å²) in [6, 6.07) is 0. The van der Waals surface area contributed by atoms with Crippen LogP contribution >= 0.6 is 12.4 Å². The summed E-state index contributed by atoms with van der Waals surface area (Å²) in [5.41, 5.74) is 0. The smallest absolute Gasteiger partial charge is 1.00 e. The quantitative estimate of drug-likeness (QED) is 0.254. The third-order valence-electron chi connectivity index (χ3n) is 0. The first-order valence-electron chi connectivity index (χ1n) is 0. The van der Waals surface area contributed by atoms with Gasteiger partial charge in [0.15, 0.2) is 0 Å². The summed E-state index contributed by atoms with van der Waals surface area (Å²) in [7, 11) is 0. The van der Waals surface area contributed by atoms with Crippen LogP contribution in [-0.4, -0.2) is 0 Å². The van der Waals surface area contributed by atoms with E-state index in [0.29, 0.717) is 0 Å². The van der Waals surface area contributed by atoms with E-state index in [2.05, 4.69) is 0 Å². The zero-order chi connectivity index (χ0) is 0. The molecule has 0 atom stereocenters. The van der Waals surface area contributed by atoms with Crippen molar-refractivity contribution in [3.8, 4) is 0 Å². The maximum atomic E-state index is 0. The molecule has 0 unspecified atom stereocenters. The van der Waals surface area contributed by atoms with Crippen LogP contribution in [0.25, 0.3) is 0 Å². The molecule has 0 fully saturated rings. The van der Waals surface area contributed by atoms with E-state index < -0.39 is 0 Å². The predicted molar refractivity (Wildman–Crippen MR) is 13.1 cm³/mol. The van der Waals surface area contributed by atoms with Crippen LogP contribution in [0.2, 0.25) is 0 Å². The van der Waals surface area contributed by atoms with Crippen molar-refractivity contribution in [3.63, 3.8) is 0 Å². The van der Waals surface area contributed by atoms with Crippen molar-refractivity contribution in [2.24, 2.45) is 0 Å². The van der Waals surface area contributed by atoms with Gasteiger partial charge in [-0.2, -0.15) is 0 Å². The van der Waals surface area contributed by atoms with Crippen molar-refractivity contribution in [3.05, 3.63) is 0 Å². The van der Waals surface area contributed by atoms with Crippen molar-refractivity contribution in [2.45, 2.75) is 0 Å². The molecule has 0 aromatic heterocycles. The Kier molecular flexibility index (Phi) is 467. The molecule has 22 valence electrons. The Labute approximate surface area is 77.6 Å². The van der Waals surface area contributed by atoms with Crippen molar-refractivity contribution in [1.29, 1.82) is 0 Å². The first-order chi connectivity index (χ1) is 0. The summed E-state index contributed by atoms with van der Waals surface area (Å²) >= 11 is 0. The SMILES string of the molecule is Cl.F.[H-].[H-].[H-].[Li+].[Li+].[Li+]. The van der Waals surface area contributed by atoms with Gasteiger partial charge in [0.2, 0.25) is 0 Å². The van der Waals surface area contributed by atoms with Crippen LogP contribution in [-0.2, 0) is 0 Å². The van der Waals surface area contributed by atoms with Crippen molar-refractivity contribution in [2.75, 3.05) is 0 Å². The Morgan fingerprint density at radius 3 is 0.800 bits per heavy atom. The van der Waals surface area contributed by atoms with Crippen LogP contribution in [0, 0.1) is 0 Å². The van der Waals surface area contributed by atoms with E-state index in [1.807, 2.05) is 0 Å². The number of hydrogen-bond acceptors (Lipinski definition) is 0. The number of halogens is 2. The molecule has 0 aromatic carbocycles. The number of hydrogen-bond donors (Lipinski definition) is 0. The molecule has 0 saturated heterocycles. The summed E-state index contributed by atoms with van der Waals surface area (Å²) in [6.07, 6.45) is 0. The van der Waals surface area contributed by atoms with Gasteiger partial charge in [-0.05, 0) is 0 Å². The Bertz CT molecular complexity index is 14.5. The van der Waals surface area contributed by atoms with E-state index in [1.165, 1.54) is 0 Å². The third kappa shape index (κ3) is 23.9. The van der Waals surface area contributed by atoms with E-state index in [4.69, 9.17) is 0 Å². The van der Waals surface area contributed by atoms with Crippen LogP contribution in [0.5, 0.6) is 0 Å². The summed E-state index contributed by atoms with van der Waals surface area (Å²) in [4.78, 5) is 0. The van der Waals surface area contributed by atoms with Crippen LogP contribution in [0.1, 0.15) is 4.28 Å². The zero-order valence-electron chi connectivity index (χ0n) is 6.82. The maximum Gasteiger partial charge on any atom is 1.00 e. The second-order valence-corrected chi connectivity index (χ2v) is 0. The number of rotatable bonds is 0. The largest absolute Gasteiger partial charge is 1.00 e. The Morgan fingerprint density at radius 1 is 0.800 bits per heavy atom. The zero-order valence-corrected chi connectivity index (χ0v) is 4.63. The van der Waals surface area contributed by atoms with Crippen LogP contribution in [0.15, 0.2) is 0 Å². The molecule has 0 aliphatic heterocycles. The molecule has 0 amide bonds. The predicted octanol–water partition coefficient (Wildman–Crippen LogP) is -8.08. The van der Waals surface area contributed by atoms with Gasteiger partial charge < -0.3 is 4.28 Å². The van der Waals surface area contributed by atoms with Gasteiger partial charge in [0, 0.05) is 0 Å². The molecule has 0 spiro atoms. The fraction of sp³-hybridized carbons (Fsp3) is 0. The van der Waals surface area contributed by atoms with Gasteiger partial charge in [-0.1, -0.05) is 0 Å². The Hall–Kier alpha value is 2.01. The Balaban J connectivity index is 0. The van der Waals surface area contributed by atoms with Crippen LogP contribution < -0.4 is 56.6 Å². The molecular formula is H5ClFLi3. The molecule has 0 bridgehead atoms. The third-order valence-corrected chi connectivity index (χ3v) is 0. The first kappa shape index (κ1) is 62.6. The average Bonchev–Trinajstić information content (AvgIpc) is 0. The molecule has 5 heteroatoms. The van der Waals surface area contributed by atoms with E-state index >= 15 is 0 Å². The molecule has 5 heavy (non-hydrogen) atoms. The second kappa shape index (κ2) is 37.3. The summed E-state index contributed by atoms with van der Waals surface area (Å²) in [5, 5.41) is 0. The molecular weight excluding hydrogens is 75.3 g/mol. The molecule has 0 aromatic rings. The molecule has 0 nitrogen and oxygen atoms in total. The van der Waals surface area contributed by atoms with E-state index in [0.717, 1.165) is 0 Å². The summed E-state index contributed by atoms with van der Waals surface area (Å²) in [6.45, 7) is 0. The maximum absolute atomic E-state index is 0. The molecule has 0 heterocycles. The minimum absolute atomic E-state index is 0.